The fourth-order valence-corrected chi connectivity index (χ4v) is 5.88. The molecule has 2 N–H and O–H groups in total. The van der Waals surface area contributed by atoms with E-state index in [1.54, 1.807) is 6.92 Å². The van der Waals surface area contributed by atoms with Crippen LogP contribution in [-0.4, -0.2) is 63.5 Å². The highest BCUT2D eigenvalue weighted by molar-refractivity contribution is 7.93. The van der Waals surface area contributed by atoms with Crippen molar-refractivity contribution in [2.24, 2.45) is 7.05 Å². The van der Waals surface area contributed by atoms with Crippen molar-refractivity contribution in [3.05, 3.63) is 45.9 Å². The van der Waals surface area contributed by atoms with Crippen LogP contribution in [0.2, 0.25) is 5.15 Å². The molecule has 0 radical (unpaired) electrons. The van der Waals surface area contributed by atoms with E-state index in [-0.39, 0.29) is 46.6 Å². The van der Waals surface area contributed by atoms with Crippen LogP contribution >= 0.6 is 11.6 Å². The lowest BCUT2D eigenvalue weighted by Crippen LogP contribution is -2.44. The van der Waals surface area contributed by atoms with Gasteiger partial charge in [-0.15, -0.1) is 0 Å². The maximum absolute atomic E-state index is 13.8. The van der Waals surface area contributed by atoms with E-state index < -0.39 is 39.7 Å². The van der Waals surface area contributed by atoms with E-state index in [1.807, 2.05) is 0 Å². The molecule has 1 unspecified atom stereocenters. The van der Waals surface area contributed by atoms with Crippen LogP contribution in [0.5, 0.6) is 5.75 Å². The molecule has 1 aromatic carbocycles. The number of ether oxygens (including phenoxy) is 2. The van der Waals surface area contributed by atoms with Gasteiger partial charge in [0.15, 0.2) is 5.15 Å². The van der Waals surface area contributed by atoms with Crippen molar-refractivity contribution in [1.82, 2.24) is 24.5 Å². The van der Waals surface area contributed by atoms with E-state index in [4.69, 9.17) is 16.3 Å². The van der Waals surface area contributed by atoms with Crippen molar-refractivity contribution in [2.45, 2.75) is 62.9 Å². The lowest BCUT2D eigenvalue weighted by molar-refractivity contribution is -0.242. The number of H-pyrrole nitrogens is 1. The van der Waals surface area contributed by atoms with Gasteiger partial charge in [-0.1, -0.05) is 11.6 Å². The molecule has 0 saturated heterocycles. The Bertz CT molecular complexity index is 1620. The van der Waals surface area contributed by atoms with Gasteiger partial charge in [0.2, 0.25) is 5.60 Å². The Morgan fingerprint density at radius 2 is 2.02 bits per heavy atom. The highest BCUT2D eigenvalue weighted by Crippen LogP contribution is 2.41. The van der Waals surface area contributed by atoms with Crippen LogP contribution in [0.25, 0.3) is 0 Å². The number of nitrogens with one attached hydrogen (secondary N) is 2. The van der Waals surface area contributed by atoms with Gasteiger partial charge in [-0.3, -0.25) is 18.9 Å². The standard InChI is InChI=1S/C23H27ClF3N7O6S/c1-5-33-12-17(19(24)31-33)41(37,38)34-11-14(7-9-18-29-30-20(35)32(18)4)39-16-8-6-13(10-15(16)34)28-21(36)40-22(2,3)23(25,26)27/h6,8,10,12,14H,5,7,9,11H2,1-4H3,(H,28,36)(H,30,35). The third-order valence-corrected chi connectivity index (χ3v) is 8.58. The topological polar surface area (TPSA) is 153 Å². The highest BCUT2D eigenvalue weighted by atomic mass is 35.5. The largest absolute Gasteiger partial charge is 0.486 e. The van der Waals surface area contributed by atoms with Gasteiger partial charge < -0.3 is 9.47 Å². The van der Waals surface area contributed by atoms with Crippen LogP contribution in [0.3, 0.4) is 0 Å². The minimum atomic E-state index is -4.82. The van der Waals surface area contributed by atoms with Crippen LogP contribution in [-0.2, 0) is 34.8 Å². The predicted molar refractivity (Wildman–Crippen MR) is 141 cm³/mol. The summed E-state index contributed by atoms with van der Waals surface area (Å²) in [6.07, 6.45) is -5.09. The molecule has 41 heavy (non-hydrogen) atoms. The molecule has 2 aromatic heterocycles. The van der Waals surface area contributed by atoms with Crippen LogP contribution in [0.1, 0.15) is 33.0 Å². The number of hydrogen-bond acceptors (Lipinski definition) is 8. The first kappa shape index (κ1) is 30.2. The summed E-state index contributed by atoms with van der Waals surface area (Å²) in [6, 6.07) is 3.93. The van der Waals surface area contributed by atoms with Crippen molar-refractivity contribution in [3.63, 3.8) is 0 Å². The van der Waals surface area contributed by atoms with E-state index in [1.165, 1.54) is 40.7 Å². The lowest BCUT2D eigenvalue weighted by Gasteiger charge is -2.35. The van der Waals surface area contributed by atoms with E-state index in [0.717, 1.165) is 4.31 Å². The normalized spacial score (nSPS) is 15.8. The number of nitrogens with zero attached hydrogens (tertiary/aromatic N) is 5. The Morgan fingerprint density at radius 3 is 2.61 bits per heavy atom. The molecule has 3 aromatic rings. The smallest absolute Gasteiger partial charge is 0.427 e. The van der Waals surface area contributed by atoms with Crippen molar-refractivity contribution >= 4 is 39.1 Å². The Labute approximate surface area is 237 Å². The second kappa shape index (κ2) is 10.9. The molecule has 1 aliphatic rings. The summed E-state index contributed by atoms with van der Waals surface area (Å²) < 4.78 is 81.4. The van der Waals surface area contributed by atoms with E-state index in [2.05, 4.69) is 25.3 Å². The summed E-state index contributed by atoms with van der Waals surface area (Å²) >= 11 is 6.17. The van der Waals surface area contributed by atoms with Crippen LogP contribution in [0.4, 0.5) is 29.3 Å². The number of carbonyl (C=O) groups excluding carboxylic acids is 1. The van der Waals surface area contributed by atoms with Gasteiger partial charge in [0.05, 0.1) is 12.2 Å². The number of aromatic amines is 1. The van der Waals surface area contributed by atoms with Crippen LogP contribution in [0.15, 0.2) is 34.1 Å². The fraction of sp³-hybridized carbons (Fsp3) is 0.478. The molecule has 0 spiro atoms. The zero-order chi connectivity index (χ0) is 30.3. The van der Waals surface area contributed by atoms with Crippen LogP contribution in [0, 0.1) is 0 Å². The highest BCUT2D eigenvalue weighted by Gasteiger charge is 2.51. The molecular weight excluding hydrogens is 595 g/mol. The Hall–Kier alpha value is -3.73. The van der Waals surface area contributed by atoms with E-state index >= 15 is 0 Å². The monoisotopic (exact) mass is 621 g/mol. The molecule has 224 valence electrons. The SMILES string of the molecule is CCn1cc(S(=O)(=O)N2CC(CCc3n[nH]c(=O)n3C)Oc3ccc(NC(=O)OC(C)(C)C(F)(F)F)cc32)c(Cl)n1. The lowest BCUT2D eigenvalue weighted by atomic mass is 10.1. The average Bonchev–Trinajstić information content (AvgIpc) is 3.42. The number of alkyl halides is 3. The molecule has 0 saturated carbocycles. The summed E-state index contributed by atoms with van der Waals surface area (Å²) in [4.78, 5) is 23.7. The molecule has 0 aliphatic carbocycles. The number of carbonyl (C=O) groups is 1. The summed E-state index contributed by atoms with van der Waals surface area (Å²) in [5.74, 6) is 0.556. The van der Waals surface area contributed by atoms with Crippen LogP contribution < -0.4 is 20.0 Å². The second-order valence-corrected chi connectivity index (χ2v) is 11.9. The average molecular weight is 622 g/mol. The van der Waals surface area contributed by atoms with E-state index in [9.17, 15) is 31.2 Å². The number of hydrogen-bond donors (Lipinski definition) is 2. The van der Waals surface area contributed by atoms with Gasteiger partial charge in [0, 0.05) is 31.9 Å². The molecule has 1 aliphatic heterocycles. The predicted octanol–water partition coefficient (Wildman–Crippen LogP) is 3.46. The number of benzene rings is 1. The third-order valence-electron chi connectivity index (χ3n) is 6.41. The maximum atomic E-state index is 13.8. The Morgan fingerprint density at radius 1 is 1.32 bits per heavy atom. The number of halogens is 4. The van der Waals surface area contributed by atoms with Crippen molar-refractivity contribution < 1.29 is 35.9 Å². The van der Waals surface area contributed by atoms with Crippen molar-refractivity contribution in [3.8, 4) is 5.75 Å². The summed E-state index contributed by atoms with van der Waals surface area (Å²) in [7, 11) is -2.80. The molecule has 3 heterocycles. The molecule has 1 amide bonds. The van der Waals surface area contributed by atoms with E-state index in [0.29, 0.717) is 26.2 Å². The summed E-state index contributed by atoms with van der Waals surface area (Å²) in [5.41, 5.74) is -3.22. The Kier molecular flexibility index (Phi) is 8.05. The van der Waals surface area contributed by atoms with Gasteiger partial charge in [-0.25, -0.2) is 23.1 Å². The molecule has 4 rings (SSSR count). The van der Waals surface area contributed by atoms with Crippen molar-refractivity contribution in [1.29, 1.82) is 0 Å². The summed E-state index contributed by atoms with van der Waals surface area (Å²) in [6.45, 7) is 3.30. The first-order valence-electron chi connectivity index (χ1n) is 12.3. The quantitative estimate of drug-likeness (QED) is 0.388. The van der Waals surface area contributed by atoms with Gasteiger partial charge >= 0.3 is 18.0 Å². The van der Waals surface area contributed by atoms with Gasteiger partial charge in [-0.05, 0) is 45.4 Å². The number of rotatable bonds is 8. The van der Waals surface area contributed by atoms with Gasteiger partial charge in [0.25, 0.3) is 10.0 Å². The Balaban J connectivity index is 1.66. The second-order valence-electron chi connectivity index (χ2n) is 9.66. The first-order chi connectivity index (χ1) is 19.0. The molecule has 0 fully saturated rings. The third kappa shape index (κ3) is 6.14. The summed E-state index contributed by atoms with van der Waals surface area (Å²) in [5, 5.41) is 12.2. The number of aromatic nitrogens is 5. The molecule has 1 atom stereocenters. The molecule has 18 heteroatoms. The molecule has 13 nitrogen and oxygen atoms in total. The minimum absolute atomic E-state index is 0.00150. The minimum Gasteiger partial charge on any atom is -0.486 e. The molecule has 0 bridgehead atoms. The fourth-order valence-electron chi connectivity index (χ4n) is 3.93. The van der Waals surface area contributed by atoms with Gasteiger partial charge in [-0.2, -0.15) is 23.4 Å². The number of amides is 1. The first-order valence-corrected chi connectivity index (χ1v) is 14.1. The molecular formula is C23H27ClF3N7O6S. The number of aryl methyl sites for hydroxylation is 2. The number of fused-ring (bicyclic) bond motifs is 1. The number of sulfonamides is 1. The maximum Gasteiger partial charge on any atom is 0.427 e. The zero-order valence-electron chi connectivity index (χ0n) is 22.3. The van der Waals surface area contributed by atoms with Crippen molar-refractivity contribution in [2.75, 3.05) is 16.2 Å². The zero-order valence-corrected chi connectivity index (χ0v) is 23.9. The number of anilines is 2. The van der Waals surface area contributed by atoms with Gasteiger partial charge in [0.1, 0.15) is 22.6 Å².